The molecular weight excluding hydrogens is 278 g/mol. The highest BCUT2D eigenvalue weighted by atomic mass is 32.2. The Morgan fingerprint density at radius 2 is 1.85 bits per heavy atom. The van der Waals surface area contributed by atoms with Crippen LogP contribution in [-0.4, -0.2) is 30.4 Å². The lowest BCUT2D eigenvalue weighted by Gasteiger charge is -2.19. The smallest absolute Gasteiger partial charge is 0.271 e. The zero-order valence-corrected chi connectivity index (χ0v) is 12.0. The average molecular weight is 295 g/mol. The van der Waals surface area contributed by atoms with Crippen molar-refractivity contribution in [1.82, 2.24) is 8.87 Å². The molecule has 0 spiro atoms. The van der Waals surface area contributed by atoms with Crippen molar-refractivity contribution >= 4 is 10.0 Å². The number of hydrogen-bond donors (Lipinski definition) is 0. The molecule has 1 aliphatic rings. The van der Waals surface area contributed by atoms with Crippen LogP contribution in [0.25, 0.3) is 0 Å². The summed E-state index contributed by atoms with van der Waals surface area (Å²) in [6, 6.07) is 4.65. The molecule has 6 nitrogen and oxygen atoms in total. The van der Waals surface area contributed by atoms with Crippen LogP contribution in [0.3, 0.4) is 0 Å². The molecule has 0 aliphatic carbocycles. The van der Waals surface area contributed by atoms with Crippen molar-refractivity contribution in [2.75, 3.05) is 13.1 Å². The summed E-state index contributed by atoms with van der Waals surface area (Å²) in [5.41, 5.74) is -0.627. The van der Waals surface area contributed by atoms with E-state index >= 15 is 0 Å². The predicted octanol–water partition coefficient (Wildman–Crippen LogP) is 0.937. The number of aromatic nitrogens is 1. The van der Waals surface area contributed by atoms with Crippen molar-refractivity contribution < 1.29 is 8.42 Å². The Bertz CT molecular complexity index is 665. The molecule has 0 saturated carbocycles. The maximum Gasteiger partial charge on any atom is 0.271 e. The lowest BCUT2D eigenvalue weighted by Crippen LogP contribution is -2.36. The molecule has 0 aromatic carbocycles. The van der Waals surface area contributed by atoms with Gasteiger partial charge in [-0.2, -0.15) is 9.57 Å². The summed E-state index contributed by atoms with van der Waals surface area (Å²) in [6.07, 6.45) is 5.09. The van der Waals surface area contributed by atoms with Crippen LogP contribution in [0, 0.1) is 11.3 Å². The maximum absolute atomic E-state index is 12.5. The summed E-state index contributed by atoms with van der Waals surface area (Å²) in [5, 5.41) is 8.65. The highest BCUT2D eigenvalue weighted by Crippen LogP contribution is 2.17. The molecule has 0 unspecified atom stereocenters. The second-order valence-electron chi connectivity index (χ2n) is 4.78. The van der Waals surface area contributed by atoms with E-state index in [9.17, 15) is 13.2 Å². The molecule has 1 aromatic rings. The van der Waals surface area contributed by atoms with E-state index in [0.717, 1.165) is 30.3 Å². The molecule has 2 heterocycles. The van der Waals surface area contributed by atoms with Crippen molar-refractivity contribution in [3.8, 4) is 6.07 Å². The van der Waals surface area contributed by atoms with Gasteiger partial charge in [-0.3, -0.25) is 4.79 Å². The second-order valence-corrected chi connectivity index (χ2v) is 6.69. The number of rotatable bonds is 3. The van der Waals surface area contributed by atoms with E-state index in [1.807, 2.05) is 6.07 Å². The van der Waals surface area contributed by atoms with Gasteiger partial charge in [-0.1, -0.05) is 12.8 Å². The summed E-state index contributed by atoms with van der Waals surface area (Å²) in [7, 11) is -3.77. The third-order valence-electron chi connectivity index (χ3n) is 3.41. The van der Waals surface area contributed by atoms with Gasteiger partial charge >= 0.3 is 0 Å². The first kappa shape index (κ1) is 14.8. The molecule has 0 amide bonds. The van der Waals surface area contributed by atoms with E-state index in [0.29, 0.717) is 13.1 Å². The normalized spacial score (nSPS) is 17.4. The van der Waals surface area contributed by atoms with Crippen LogP contribution in [0.1, 0.15) is 25.7 Å². The first-order chi connectivity index (χ1) is 9.57. The number of pyridine rings is 1. The third kappa shape index (κ3) is 2.92. The summed E-state index contributed by atoms with van der Waals surface area (Å²) in [5.74, 6) is 0. The summed E-state index contributed by atoms with van der Waals surface area (Å²) in [6.45, 7) is 0.756. The highest BCUT2D eigenvalue weighted by Gasteiger charge is 2.28. The van der Waals surface area contributed by atoms with E-state index in [1.165, 1.54) is 22.6 Å². The fourth-order valence-electron chi connectivity index (χ4n) is 2.33. The van der Waals surface area contributed by atoms with Crippen LogP contribution in [0.15, 0.2) is 28.0 Å². The minimum absolute atomic E-state index is 0.151. The highest BCUT2D eigenvalue weighted by molar-refractivity contribution is 7.89. The van der Waals surface area contributed by atoms with E-state index in [4.69, 9.17) is 5.26 Å². The fraction of sp³-hybridized carbons (Fsp3) is 0.538. The molecule has 1 aromatic heterocycles. The number of nitrogens with zero attached hydrogens (tertiary/aromatic N) is 3. The predicted molar refractivity (Wildman–Crippen MR) is 73.5 cm³/mol. The number of nitriles is 1. The lowest BCUT2D eigenvalue weighted by molar-refractivity contribution is 0.422. The van der Waals surface area contributed by atoms with Crippen molar-refractivity contribution in [2.24, 2.45) is 0 Å². The molecule has 0 N–H and O–H groups in total. The molecule has 1 saturated heterocycles. The molecule has 108 valence electrons. The van der Waals surface area contributed by atoms with E-state index in [-0.39, 0.29) is 11.4 Å². The van der Waals surface area contributed by atoms with Crippen molar-refractivity contribution in [2.45, 2.75) is 37.1 Å². The molecule has 0 bridgehead atoms. The Kier molecular flexibility index (Phi) is 4.57. The first-order valence-electron chi connectivity index (χ1n) is 6.64. The van der Waals surface area contributed by atoms with E-state index < -0.39 is 15.6 Å². The van der Waals surface area contributed by atoms with Gasteiger partial charge in [0.25, 0.3) is 5.56 Å². The quantitative estimate of drug-likeness (QED) is 0.830. The zero-order valence-electron chi connectivity index (χ0n) is 11.2. The van der Waals surface area contributed by atoms with Gasteiger partial charge in [0.2, 0.25) is 10.0 Å². The molecule has 20 heavy (non-hydrogen) atoms. The van der Waals surface area contributed by atoms with Crippen LogP contribution in [0.5, 0.6) is 0 Å². The average Bonchev–Trinajstić information content (AvgIpc) is 2.70. The summed E-state index contributed by atoms with van der Waals surface area (Å²) < 4.78 is 27.6. The zero-order chi connectivity index (χ0) is 14.6. The minimum Gasteiger partial charge on any atom is -0.301 e. The molecule has 0 radical (unpaired) electrons. The van der Waals surface area contributed by atoms with Gasteiger partial charge in [0, 0.05) is 19.3 Å². The third-order valence-corrected chi connectivity index (χ3v) is 5.32. The second kappa shape index (κ2) is 6.20. The van der Waals surface area contributed by atoms with Gasteiger partial charge in [0.15, 0.2) is 0 Å². The lowest BCUT2D eigenvalue weighted by atomic mass is 10.2. The fourth-order valence-corrected chi connectivity index (χ4v) is 3.94. The van der Waals surface area contributed by atoms with Crippen LogP contribution in [0.4, 0.5) is 0 Å². The van der Waals surface area contributed by atoms with Gasteiger partial charge in [0.1, 0.15) is 11.4 Å². The van der Waals surface area contributed by atoms with Gasteiger partial charge in [-0.25, -0.2) is 8.42 Å². The van der Waals surface area contributed by atoms with Crippen LogP contribution in [0.2, 0.25) is 0 Å². The maximum atomic E-state index is 12.5. The van der Waals surface area contributed by atoms with E-state index in [1.54, 1.807) is 0 Å². The largest absolute Gasteiger partial charge is 0.301 e. The number of sulfonamides is 1. The van der Waals surface area contributed by atoms with Crippen molar-refractivity contribution in [1.29, 1.82) is 5.26 Å². The standard InChI is InChI=1S/C13H17N3O3S/c14-7-11-15-8-5-6-12(13(15)17)20(18,19)16-9-3-1-2-4-10-16/h5-6,8H,1-4,9-11H2. The van der Waals surface area contributed by atoms with Gasteiger partial charge < -0.3 is 4.57 Å². The van der Waals surface area contributed by atoms with Gasteiger partial charge in [-0.15, -0.1) is 0 Å². The molecule has 0 atom stereocenters. The Balaban J connectivity index is 2.41. The molecular formula is C13H17N3O3S. The Labute approximate surface area is 118 Å². The summed E-state index contributed by atoms with van der Waals surface area (Å²) >= 11 is 0. The SMILES string of the molecule is N#CCn1cccc(S(=O)(=O)N2CCCCCC2)c1=O. The first-order valence-corrected chi connectivity index (χ1v) is 8.08. The molecule has 1 aliphatic heterocycles. The molecule has 7 heteroatoms. The Morgan fingerprint density at radius 3 is 2.45 bits per heavy atom. The van der Waals surface area contributed by atoms with Gasteiger partial charge in [0.05, 0.1) is 6.07 Å². The van der Waals surface area contributed by atoms with Crippen LogP contribution >= 0.6 is 0 Å². The van der Waals surface area contributed by atoms with Crippen molar-refractivity contribution in [3.05, 3.63) is 28.7 Å². The topological polar surface area (TPSA) is 83.2 Å². The Hall–Kier alpha value is -1.65. The van der Waals surface area contributed by atoms with E-state index in [2.05, 4.69) is 0 Å². The molecule has 1 fully saturated rings. The summed E-state index contributed by atoms with van der Waals surface area (Å²) in [4.78, 5) is 11.9. The Morgan fingerprint density at radius 1 is 1.20 bits per heavy atom. The molecule has 2 rings (SSSR count). The van der Waals surface area contributed by atoms with Gasteiger partial charge in [-0.05, 0) is 25.0 Å². The van der Waals surface area contributed by atoms with Crippen LogP contribution < -0.4 is 5.56 Å². The van der Waals surface area contributed by atoms with Crippen LogP contribution in [-0.2, 0) is 16.6 Å². The van der Waals surface area contributed by atoms with Crippen molar-refractivity contribution in [3.63, 3.8) is 0 Å². The minimum atomic E-state index is -3.77. The number of hydrogen-bond acceptors (Lipinski definition) is 4. The monoisotopic (exact) mass is 295 g/mol.